The van der Waals surface area contributed by atoms with E-state index in [1.54, 1.807) is 11.7 Å². The predicted molar refractivity (Wildman–Crippen MR) is 103 cm³/mol. The molecule has 0 N–H and O–H groups in total. The number of hydrogen-bond acceptors (Lipinski definition) is 2. The van der Waals surface area contributed by atoms with Gasteiger partial charge in [-0.3, -0.25) is 4.79 Å². The zero-order valence-corrected chi connectivity index (χ0v) is 15.9. The number of benzene rings is 2. The Kier molecular flexibility index (Phi) is 4.90. The molecule has 1 fully saturated rings. The number of rotatable bonds is 5. The third kappa shape index (κ3) is 4.18. The number of carbonyl (C=O) groups excluding carboxylic acids is 1. The molecule has 1 saturated carbocycles. The van der Waals surface area contributed by atoms with E-state index >= 15 is 0 Å². The largest absolute Gasteiger partial charge is 0.416 e. The van der Waals surface area contributed by atoms with Gasteiger partial charge in [0.15, 0.2) is 0 Å². The summed E-state index contributed by atoms with van der Waals surface area (Å²) < 4.78 is 39.9. The van der Waals surface area contributed by atoms with Gasteiger partial charge in [0.1, 0.15) is 5.69 Å². The molecular weight excluding hydrogens is 379 g/mol. The van der Waals surface area contributed by atoms with Crippen molar-refractivity contribution >= 4 is 5.91 Å². The minimum absolute atomic E-state index is 0.204. The maximum atomic E-state index is 13.1. The first-order valence-electron chi connectivity index (χ1n) is 9.40. The highest BCUT2D eigenvalue weighted by atomic mass is 19.4. The Hall–Kier alpha value is -3.09. The van der Waals surface area contributed by atoms with Gasteiger partial charge in [-0.15, -0.1) is 0 Å². The van der Waals surface area contributed by atoms with Gasteiger partial charge in [-0.25, -0.2) is 4.68 Å². The van der Waals surface area contributed by atoms with E-state index in [2.05, 4.69) is 5.10 Å². The van der Waals surface area contributed by atoms with Crippen LogP contribution in [0, 0.1) is 0 Å². The molecule has 3 aromatic rings. The third-order valence-corrected chi connectivity index (χ3v) is 4.99. The average molecular weight is 399 g/mol. The van der Waals surface area contributed by atoms with Gasteiger partial charge in [-0.2, -0.15) is 18.3 Å². The third-order valence-electron chi connectivity index (χ3n) is 4.99. The molecule has 0 atom stereocenters. The summed E-state index contributed by atoms with van der Waals surface area (Å²) in [4.78, 5) is 14.6. The lowest BCUT2D eigenvalue weighted by Crippen LogP contribution is -2.28. The van der Waals surface area contributed by atoms with Crippen LogP contribution >= 0.6 is 0 Å². The molecule has 2 aromatic carbocycles. The van der Waals surface area contributed by atoms with Crippen LogP contribution in [-0.4, -0.2) is 27.6 Å². The molecule has 0 radical (unpaired) electrons. The lowest BCUT2D eigenvalue weighted by atomic mass is 10.1. The van der Waals surface area contributed by atoms with E-state index in [-0.39, 0.29) is 12.5 Å². The van der Waals surface area contributed by atoms with E-state index in [4.69, 9.17) is 0 Å². The molecule has 1 aliphatic carbocycles. The van der Waals surface area contributed by atoms with Crippen molar-refractivity contribution in [3.63, 3.8) is 0 Å². The maximum absolute atomic E-state index is 13.1. The summed E-state index contributed by atoms with van der Waals surface area (Å²) in [5, 5.41) is 4.64. The van der Waals surface area contributed by atoms with Crippen molar-refractivity contribution in [3.05, 3.63) is 83.2 Å². The van der Waals surface area contributed by atoms with Crippen molar-refractivity contribution in [2.24, 2.45) is 0 Å². The van der Waals surface area contributed by atoms with Gasteiger partial charge in [0.2, 0.25) is 0 Å². The van der Waals surface area contributed by atoms with E-state index in [0.29, 0.717) is 17.2 Å². The van der Waals surface area contributed by atoms with Gasteiger partial charge in [0.05, 0.1) is 16.9 Å². The highest BCUT2D eigenvalue weighted by molar-refractivity contribution is 5.93. The Labute approximate surface area is 166 Å². The van der Waals surface area contributed by atoms with Crippen molar-refractivity contribution in [1.82, 2.24) is 14.7 Å². The zero-order chi connectivity index (χ0) is 20.6. The van der Waals surface area contributed by atoms with E-state index in [0.717, 1.165) is 36.4 Å². The Morgan fingerprint density at radius 3 is 2.34 bits per heavy atom. The molecule has 0 saturated heterocycles. The monoisotopic (exact) mass is 399 g/mol. The number of amides is 1. The molecule has 0 bridgehead atoms. The van der Waals surface area contributed by atoms with Gasteiger partial charge >= 0.3 is 6.18 Å². The van der Waals surface area contributed by atoms with Gasteiger partial charge < -0.3 is 4.90 Å². The van der Waals surface area contributed by atoms with Crippen molar-refractivity contribution in [3.8, 4) is 5.69 Å². The van der Waals surface area contributed by atoms with Crippen LogP contribution in [0.5, 0.6) is 0 Å². The second-order valence-electron chi connectivity index (χ2n) is 7.33. The second kappa shape index (κ2) is 7.39. The first kappa shape index (κ1) is 19.2. The van der Waals surface area contributed by atoms with Crippen molar-refractivity contribution in [2.45, 2.75) is 31.5 Å². The number of hydrogen-bond donors (Lipinski definition) is 0. The van der Waals surface area contributed by atoms with E-state index in [9.17, 15) is 18.0 Å². The van der Waals surface area contributed by atoms with Crippen LogP contribution in [0.1, 0.15) is 46.1 Å². The molecule has 0 aliphatic heterocycles. The van der Waals surface area contributed by atoms with Crippen LogP contribution in [0.2, 0.25) is 0 Å². The number of aromatic nitrogens is 2. The molecule has 7 heteroatoms. The van der Waals surface area contributed by atoms with Gasteiger partial charge in [0, 0.05) is 19.5 Å². The average Bonchev–Trinajstić information content (AvgIpc) is 3.46. The molecule has 1 aromatic heterocycles. The quantitative estimate of drug-likeness (QED) is 0.603. The first-order chi connectivity index (χ1) is 13.8. The molecule has 1 amide bonds. The highest BCUT2D eigenvalue weighted by Crippen LogP contribution is 2.40. The van der Waals surface area contributed by atoms with Gasteiger partial charge in [-0.05, 0) is 48.7 Å². The fourth-order valence-electron chi connectivity index (χ4n) is 3.24. The number of carbonyl (C=O) groups is 1. The minimum Gasteiger partial charge on any atom is -0.336 e. The maximum Gasteiger partial charge on any atom is 0.416 e. The summed E-state index contributed by atoms with van der Waals surface area (Å²) in [5.74, 6) is 0.167. The van der Waals surface area contributed by atoms with Crippen molar-refractivity contribution in [2.75, 3.05) is 7.05 Å². The summed E-state index contributed by atoms with van der Waals surface area (Å²) in [6.45, 7) is 0.204. The molecule has 4 rings (SSSR count). The van der Waals surface area contributed by atoms with Crippen LogP contribution < -0.4 is 0 Å². The molecule has 0 unspecified atom stereocenters. The van der Waals surface area contributed by atoms with Crippen LogP contribution in [0.4, 0.5) is 13.2 Å². The normalized spacial score (nSPS) is 14.1. The lowest BCUT2D eigenvalue weighted by molar-refractivity contribution is -0.137. The van der Waals surface area contributed by atoms with Gasteiger partial charge in [0.25, 0.3) is 5.91 Å². The van der Waals surface area contributed by atoms with E-state index in [1.165, 1.54) is 17.0 Å². The lowest BCUT2D eigenvalue weighted by Gasteiger charge is -2.18. The summed E-state index contributed by atoms with van der Waals surface area (Å²) in [7, 11) is 1.64. The van der Waals surface area contributed by atoms with Crippen molar-refractivity contribution in [1.29, 1.82) is 0 Å². The molecule has 1 heterocycles. The molecular formula is C22H20F3N3O. The number of para-hydroxylation sites is 1. The van der Waals surface area contributed by atoms with Gasteiger partial charge in [-0.1, -0.05) is 30.3 Å². The fraction of sp³-hybridized carbons (Fsp3) is 0.273. The number of alkyl halides is 3. The Morgan fingerprint density at radius 2 is 1.76 bits per heavy atom. The van der Waals surface area contributed by atoms with E-state index < -0.39 is 11.7 Å². The summed E-state index contributed by atoms with van der Waals surface area (Å²) >= 11 is 0. The zero-order valence-electron chi connectivity index (χ0n) is 15.9. The SMILES string of the molecule is CN(Cc1ccc(C(F)(F)F)cc1)C(=O)c1cc(C2CC2)nn1-c1ccccc1. The Bertz CT molecular complexity index is 1010. The summed E-state index contributed by atoms with van der Waals surface area (Å²) in [5.41, 5.74) is 2.08. The first-order valence-corrected chi connectivity index (χ1v) is 9.40. The summed E-state index contributed by atoms with van der Waals surface area (Å²) in [6, 6.07) is 16.1. The highest BCUT2D eigenvalue weighted by Gasteiger charge is 2.31. The van der Waals surface area contributed by atoms with E-state index in [1.807, 2.05) is 36.4 Å². The van der Waals surface area contributed by atoms with Crippen molar-refractivity contribution < 1.29 is 18.0 Å². The Balaban J connectivity index is 1.57. The number of halogens is 3. The van der Waals surface area contributed by atoms with Crippen LogP contribution in [0.3, 0.4) is 0 Å². The minimum atomic E-state index is -4.37. The second-order valence-corrected chi connectivity index (χ2v) is 7.33. The standard InChI is InChI=1S/C22H20F3N3O/c1-27(14-15-7-11-17(12-8-15)22(23,24)25)21(29)20-13-19(16-9-10-16)26-28(20)18-5-3-2-4-6-18/h2-8,11-13,16H,9-10,14H2,1H3. The van der Waals surface area contributed by atoms with Crippen LogP contribution in [0.25, 0.3) is 5.69 Å². The molecule has 29 heavy (non-hydrogen) atoms. The predicted octanol–water partition coefficient (Wildman–Crippen LogP) is 5.04. The molecule has 150 valence electrons. The topological polar surface area (TPSA) is 38.1 Å². The smallest absolute Gasteiger partial charge is 0.336 e. The Morgan fingerprint density at radius 1 is 1.10 bits per heavy atom. The fourth-order valence-corrected chi connectivity index (χ4v) is 3.24. The molecule has 1 aliphatic rings. The van der Waals surface area contributed by atoms with Crippen LogP contribution in [0.15, 0.2) is 60.7 Å². The van der Waals surface area contributed by atoms with Crippen LogP contribution in [-0.2, 0) is 12.7 Å². The molecule has 0 spiro atoms. The molecule has 4 nitrogen and oxygen atoms in total. The number of nitrogens with zero attached hydrogens (tertiary/aromatic N) is 3. The summed E-state index contributed by atoms with van der Waals surface area (Å²) in [6.07, 6.45) is -2.23.